The standard InChI is InChI=1S/C15H28N2O/c1-12(2)11-17-13(3)9-15(14(17)4)10-16-7-6-8-18-5/h9,12,16H,6-8,10-11H2,1-5H3. The normalized spacial score (nSPS) is 11.4. The Labute approximate surface area is 112 Å². The van der Waals surface area contributed by atoms with Crippen molar-refractivity contribution in [3.63, 3.8) is 0 Å². The summed E-state index contributed by atoms with van der Waals surface area (Å²) in [6.07, 6.45) is 1.07. The third-order valence-corrected chi connectivity index (χ3v) is 3.24. The summed E-state index contributed by atoms with van der Waals surface area (Å²) in [5.74, 6) is 0.692. The number of aryl methyl sites for hydroxylation is 1. The lowest BCUT2D eigenvalue weighted by Gasteiger charge is -2.12. The van der Waals surface area contributed by atoms with Gasteiger partial charge in [-0.1, -0.05) is 13.8 Å². The molecule has 3 nitrogen and oxygen atoms in total. The lowest BCUT2D eigenvalue weighted by atomic mass is 10.2. The summed E-state index contributed by atoms with van der Waals surface area (Å²) in [5.41, 5.74) is 4.20. The Balaban J connectivity index is 2.51. The maximum Gasteiger partial charge on any atom is 0.0474 e. The molecule has 0 fully saturated rings. The van der Waals surface area contributed by atoms with Gasteiger partial charge in [-0.25, -0.2) is 0 Å². The molecule has 0 spiro atoms. The lowest BCUT2D eigenvalue weighted by Crippen LogP contribution is -2.16. The van der Waals surface area contributed by atoms with Gasteiger partial charge in [0.15, 0.2) is 0 Å². The molecule has 0 aliphatic heterocycles. The van der Waals surface area contributed by atoms with E-state index in [1.165, 1.54) is 17.0 Å². The number of hydrogen-bond donors (Lipinski definition) is 1. The summed E-state index contributed by atoms with van der Waals surface area (Å²) in [6.45, 7) is 12.9. The third kappa shape index (κ3) is 4.46. The van der Waals surface area contributed by atoms with Crippen molar-refractivity contribution >= 4 is 0 Å². The first-order valence-corrected chi connectivity index (χ1v) is 6.91. The van der Waals surface area contributed by atoms with Crippen LogP contribution in [0.15, 0.2) is 6.07 Å². The van der Waals surface area contributed by atoms with E-state index in [1.807, 2.05) is 0 Å². The smallest absolute Gasteiger partial charge is 0.0474 e. The number of nitrogens with zero attached hydrogens (tertiary/aromatic N) is 1. The fourth-order valence-corrected chi connectivity index (χ4v) is 2.26. The second-order valence-electron chi connectivity index (χ2n) is 5.42. The highest BCUT2D eigenvalue weighted by atomic mass is 16.5. The van der Waals surface area contributed by atoms with Gasteiger partial charge in [-0.05, 0) is 44.4 Å². The SMILES string of the molecule is COCCCNCc1cc(C)n(CC(C)C)c1C. The summed E-state index contributed by atoms with van der Waals surface area (Å²) in [7, 11) is 1.75. The minimum absolute atomic E-state index is 0.692. The molecule has 1 aromatic heterocycles. The van der Waals surface area contributed by atoms with E-state index in [2.05, 4.69) is 43.6 Å². The van der Waals surface area contributed by atoms with Gasteiger partial charge < -0.3 is 14.6 Å². The fourth-order valence-electron chi connectivity index (χ4n) is 2.26. The van der Waals surface area contributed by atoms with Crippen LogP contribution < -0.4 is 5.32 Å². The summed E-state index contributed by atoms with van der Waals surface area (Å²) in [5, 5.41) is 3.48. The van der Waals surface area contributed by atoms with Crippen LogP contribution in [0.5, 0.6) is 0 Å². The maximum absolute atomic E-state index is 5.04. The number of methoxy groups -OCH3 is 1. The monoisotopic (exact) mass is 252 g/mol. The summed E-state index contributed by atoms with van der Waals surface area (Å²) < 4.78 is 7.47. The van der Waals surface area contributed by atoms with E-state index in [0.29, 0.717) is 5.92 Å². The van der Waals surface area contributed by atoms with E-state index in [0.717, 1.165) is 32.7 Å². The molecule has 0 bridgehead atoms. The molecule has 0 radical (unpaired) electrons. The van der Waals surface area contributed by atoms with E-state index in [9.17, 15) is 0 Å². The molecule has 1 aromatic rings. The van der Waals surface area contributed by atoms with Gasteiger partial charge in [0.25, 0.3) is 0 Å². The van der Waals surface area contributed by atoms with E-state index in [-0.39, 0.29) is 0 Å². The zero-order valence-electron chi connectivity index (χ0n) is 12.5. The van der Waals surface area contributed by atoms with Crippen LogP contribution in [0.25, 0.3) is 0 Å². The molecule has 0 aliphatic rings. The summed E-state index contributed by atoms with van der Waals surface area (Å²) in [6, 6.07) is 2.31. The molecular formula is C15H28N2O. The molecule has 104 valence electrons. The van der Waals surface area contributed by atoms with Crippen molar-refractivity contribution < 1.29 is 4.74 Å². The van der Waals surface area contributed by atoms with Crippen molar-refractivity contribution in [1.82, 2.24) is 9.88 Å². The second-order valence-corrected chi connectivity index (χ2v) is 5.42. The van der Waals surface area contributed by atoms with Crippen molar-refractivity contribution in [3.05, 3.63) is 23.0 Å². The van der Waals surface area contributed by atoms with Gasteiger partial charge in [-0.15, -0.1) is 0 Å². The van der Waals surface area contributed by atoms with Crippen LogP contribution >= 0.6 is 0 Å². The fraction of sp³-hybridized carbons (Fsp3) is 0.733. The molecule has 3 heteroatoms. The number of ether oxygens (including phenoxy) is 1. The second kappa shape index (κ2) is 7.59. The summed E-state index contributed by atoms with van der Waals surface area (Å²) >= 11 is 0. The van der Waals surface area contributed by atoms with E-state index in [4.69, 9.17) is 4.74 Å². The van der Waals surface area contributed by atoms with Gasteiger partial charge in [0.1, 0.15) is 0 Å². The Kier molecular flexibility index (Phi) is 6.44. The molecule has 1 N–H and O–H groups in total. The molecule has 0 amide bonds. The average molecular weight is 252 g/mol. The predicted octanol–water partition coefficient (Wildman–Crippen LogP) is 2.89. The first kappa shape index (κ1) is 15.3. The topological polar surface area (TPSA) is 26.2 Å². The van der Waals surface area contributed by atoms with E-state index < -0.39 is 0 Å². The molecule has 1 heterocycles. The Morgan fingerprint density at radius 3 is 2.67 bits per heavy atom. The lowest BCUT2D eigenvalue weighted by molar-refractivity contribution is 0.194. The predicted molar refractivity (Wildman–Crippen MR) is 76.9 cm³/mol. The van der Waals surface area contributed by atoms with Crippen molar-refractivity contribution in [1.29, 1.82) is 0 Å². The largest absolute Gasteiger partial charge is 0.385 e. The van der Waals surface area contributed by atoms with Gasteiger partial charge in [-0.2, -0.15) is 0 Å². The van der Waals surface area contributed by atoms with E-state index in [1.54, 1.807) is 7.11 Å². The maximum atomic E-state index is 5.04. The number of nitrogens with one attached hydrogen (secondary N) is 1. The highest BCUT2D eigenvalue weighted by molar-refractivity contribution is 5.26. The van der Waals surface area contributed by atoms with Crippen molar-refractivity contribution in [3.8, 4) is 0 Å². The van der Waals surface area contributed by atoms with Crippen LogP contribution in [0.2, 0.25) is 0 Å². The van der Waals surface area contributed by atoms with Crippen LogP contribution in [-0.2, 0) is 17.8 Å². The molecule has 0 saturated carbocycles. The van der Waals surface area contributed by atoms with Crippen LogP contribution in [0.4, 0.5) is 0 Å². The van der Waals surface area contributed by atoms with Crippen LogP contribution in [0.1, 0.15) is 37.2 Å². The molecule has 0 saturated heterocycles. The van der Waals surface area contributed by atoms with Crippen molar-refractivity contribution in [2.24, 2.45) is 5.92 Å². The molecular weight excluding hydrogens is 224 g/mol. The molecule has 1 rings (SSSR count). The highest BCUT2D eigenvalue weighted by Crippen LogP contribution is 2.16. The van der Waals surface area contributed by atoms with Gasteiger partial charge in [-0.3, -0.25) is 0 Å². The van der Waals surface area contributed by atoms with Crippen molar-refractivity contribution in [2.45, 2.75) is 47.2 Å². The zero-order valence-corrected chi connectivity index (χ0v) is 12.5. The Bertz CT molecular complexity index is 356. The van der Waals surface area contributed by atoms with Crippen LogP contribution in [-0.4, -0.2) is 24.8 Å². The number of aromatic nitrogens is 1. The third-order valence-electron chi connectivity index (χ3n) is 3.24. The van der Waals surface area contributed by atoms with Gasteiger partial charge in [0.05, 0.1) is 0 Å². The van der Waals surface area contributed by atoms with Crippen LogP contribution in [0, 0.1) is 19.8 Å². The first-order valence-electron chi connectivity index (χ1n) is 6.91. The average Bonchev–Trinajstić information content (AvgIpc) is 2.56. The van der Waals surface area contributed by atoms with Crippen LogP contribution in [0.3, 0.4) is 0 Å². The first-order chi connectivity index (χ1) is 8.56. The van der Waals surface area contributed by atoms with Crippen molar-refractivity contribution in [2.75, 3.05) is 20.3 Å². The molecule has 0 aromatic carbocycles. The minimum Gasteiger partial charge on any atom is -0.385 e. The molecule has 0 unspecified atom stereocenters. The Hall–Kier alpha value is -0.800. The number of hydrogen-bond acceptors (Lipinski definition) is 2. The zero-order chi connectivity index (χ0) is 13.5. The molecule has 0 aliphatic carbocycles. The van der Waals surface area contributed by atoms with Gasteiger partial charge in [0.2, 0.25) is 0 Å². The molecule has 18 heavy (non-hydrogen) atoms. The van der Waals surface area contributed by atoms with E-state index >= 15 is 0 Å². The van der Waals surface area contributed by atoms with Gasteiger partial charge >= 0.3 is 0 Å². The Morgan fingerprint density at radius 2 is 2.06 bits per heavy atom. The Morgan fingerprint density at radius 1 is 1.33 bits per heavy atom. The number of rotatable bonds is 8. The van der Waals surface area contributed by atoms with Gasteiger partial charge in [0, 0.05) is 38.2 Å². The minimum atomic E-state index is 0.692. The quantitative estimate of drug-likeness (QED) is 0.720. The highest BCUT2D eigenvalue weighted by Gasteiger charge is 2.09. The summed E-state index contributed by atoms with van der Waals surface area (Å²) in [4.78, 5) is 0. The molecule has 0 atom stereocenters.